The smallest absolute Gasteiger partial charge is 0.231 e. The Balaban J connectivity index is 0.00000120. The van der Waals surface area contributed by atoms with Gasteiger partial charge in [0.05, 0.1) is 12.7 Å². The van der Waals surface area contributed by atoms with Crippen LogP contribution in [0.1, 0.15) is 30.1 Å². The Kier molecular flexibility index (Phi) is 7.52. The zero-order valence-electron chi connectivity index (χ0n) is 16.3. The van der Waals surface area contributed by atoms with Crippen LogP contribution < -0.4 is 19.7 Å². The van der Waals surface area contributed by atoms with E-state index in [0.29, 0.717) is 12.8 Å². The average molecular weight is 439 g/mol. The maximum absolute atomic E-state index is 6.09. The lowest BCUT2D eigenvalue weighted by atomic mass is 9.93. The number of rotatable bonds is 4. The number of halogens is 2. The number of piperazine rings is 1. The monoisotopic (exact) mass is 438 g/mol. The molecule has 0 aromatic heterocycles. The minimum absolute atomic E-state index is 0. The van der Waals surface area contributed by atoms with Gasteiger partial charge in [-0.1, -0.05) is 24.3 Å². The molecule has 0 spiro atoms. The maximum atomic E-state index is 6.09. The summed E-state index contributed by atoms with van der Waals surface area (Å²) in [6.07, 6.45) is 3.44. The molecule has 2 aromatic carbocycles. The molecule has 3 aliphatic rings. The van der Waals surface area contributed by atoms with Gasteiger partial charge in [0, 0.05) is 37.4 Å². The molecule has 1 fully saturated rings. The first-order chi connectivity index (χ1) is 13.4. The molecule has 0 amide bonds. The molecule has 2 unspecified atom stereocenters. The van der Waals surface area contributed by atoms with E-state index in [-0.39, 0.29) is 30.9 Å². The third-order valence-corrected chi connectivity index (χ3v) is 5.85. The van der Waals surface area contributed by atoms with Crippen LogP contribution in [0.2, 0.25) is 0 Å². The Morgan fingerprint density at radius 2 is 1.86 bits per heavy atom. The van der Waals surface area contributed by atoms with Gasteiger partial charge in [0.2, 0.25) is 6.79 Å². The second-order valence-corrected chi connectivity index (χ2v) is 7.52. The highest BCUT2D eigenvalue weighted by Crippen LogP contribution is 2.36. The van der Waals surface area contributed by atoms with E-state index >= 15 is 0 Å². The number of hydrogen-bond acceptors (Lipinski definition) is 5. The van der Waals surface area contributed by atoms with Crippen molar-refractivity contribution < 1.29 is 14.2 Å². The van der Waals surface area contributed by atoms with Crippen LogP contribution in [0.25, 0.3) is 0 Å². The lowest BCUT2D eigenvalue weighted by molar-refractivity contribution is 0.0333. The molecule has 0 bridgehead atoms. The van der Waals surface area contributed by atoms with Gasteiger partial charge in [-0.3, -0.25) is 0 Å². The molecular weight excluding hydrogens is 411 g/mol. The highest BCUT2D eigenvalue weighted by Gasteiger charge is 2.25. The molecule has 2 atom stereocenters. The fourth-order valence-corrected chi connectivity index (χ4v) is 4.40. The van der Waals surface area contributed by atoms with Crippen molar-refractivity contribution in [2.24, 2.45) is 0 Å². The number of fused-ring (bicyclic) bond motifs is 2. The van der Waals surface area contributed by atoms with Crippen LogP contribution in [-0.2, 0) is 11.2 Å². The number of ether oxygens (including phenoxy) is 3. The normalized spacial score (nSPS) is 22.3. The number of nitrogens with one attached hydrogen (secondary N) is 1. The Labute approximate surface area is 184 Å². The molecule has 158 valence electrons. The van der Waals surface area contributed by atoms with E-state index in [1.165, 1.54) is 16.8 Å². The average Bonchev–Trinajstić information content (AvgIpc) is 3.20. The lowest BCUT2D eigenvalue weighted by Gasteiger charge is -2.36. The van der Waals surface area contributed by atoms with Crippen LogP contribution in [0, 0.1) is 0 Å². The Hall–Kier alpha value is -1.66. The second kappa shape index (κ2) is 9.90. The van der Waals surface area contributed by atoms with E-state index in [0.717, 1.165) is 57.0 Å². The summed E-state index contributed by atoms with van der Waals surface area (Å²) >= 11 is 0. The van der Waals surface area contributed by atoms with Gasteiger partial charge >= 0.3 is 0 Å². The predicted molar refractivity (Wildman–Crippen MR) is 119 cm³/mol. The third-order valence-electron chi connectivity index (χ3n) is 5.85. The van der Waals surface area contributed by atoms with Crippen LogP contribution in [0.4, 0.5) is 5.69 Å². The zero-order valence-corrected chi connectivity index (χ0v) is 18.0. The number of benzene rings is 2. The molecule has 0 radical (unpaired) electrons. The zero-order chi connectivity index (χ0) is 18.1. The minimum Gasteiger partial charge on any atom is -0.454 e. The fraction of sp³-hybridized carbons (Fsp3) is 0.455. The highest BCUT2D eigenvalue weighted by atomic mass is 35.5. The molecule has 5 rings (SSSR count). The van der Waals surface area contributed by atoms with Crippen LogP contribution in [0.3, 0.4) is 0 Å². The SMILES string of the molecule is Cl.Cl.c1ccc2c(c1)CCOC2CCC1CN(c2ccc3c(c2)OCO3)CCN1. The Bertz CT molecular complexity index is 820. The Morgan fingerprint density at radius 3 is 2.79 bits per heavy atom. The molecule has 3 heterocycles. The second-order valence-electron chi connectivity index (χ2n) is 7.52. The summed E-state index contributed by atoms with van der Waals surface area (Å²) in [4.78, 5) is 2.44. The summed E-state index contributed by atoms with van der Waals surface area (Å²) in [5.41, 5.74) is 4.05. The molecule has 1 N–H and O–H groups in total. The number of anilines is 1. The van der Waals surface area contributed by atoms with Crippen LogP contribution in [0.15, 0.2) is 42.5 Å². The number of nitrogens with zero attached hydrogens (tertiary/aromatic N) is 1. The van der Waals surface area contributed by atoms with E-state index in [1.54, 1.807) is 0 Å². The first-order valence-corrected chi connectivity index (χ1v) is 9.94. The fourth-order valence-electron chi connectivity index (χ4n) is 4.40. The molecule has 0 saturated carbocycles. The molecule has 0 aliphatic carbocycles. The van der Waals surface area contributed by atoms with Gasteiger partial charge in [-0.25, -0.2) is 0 Å². The minimum atomic E-state index is 0. The summed E-state index contributed by atoms with van der Waals surface area (Å²) < 4.78 is 17.1. The summed E-state index contributed by atoms with van der Waals surface area (Å²) in [6, 6.07) is 15.5. The van der Waals surface area contributed by atoms with Crippen molar-refractivity contribution >= 4 is 30.5 Å². The van der Waals surface area contributed by atoms with Gasteiger partial charge in [0.1, 0.15) is 0 Å². The Morgan fingerprint density at radius 1 is 1.00 bits per heavy atom. The van der Waals surface area contributed by atoms with E-state index in [1.807, 2.05) is 6.07 Å². The number of hydrogen-bond donors (Lipinski definition) is 1. The van der Waals surface area contributed by atoms with E-state index < -0.39 is 0 Å². The van der Waals surface area contributed by atoms with Crippen molar-refractivity contribution in [3.05, 3.63) is 53.6 Å². The van der Waals surface area contributed by atoms with Crippen molar-refractivity contribution in [2.45, 2.75) is 31.4 Å². The van der Waals surface area contributed by atoms with Gasteiger partial charge in [-0.05, 0) is 42.5 Å². The largest absolute Gasteiger partial charge is 0.454 e. The van der Waals surface area contributed by atoms with Crippen LogP contribution in [0.5, 0.6) is 11.5 Å². The van der Waals surface area contributed by atoms with Crippen molar-refractivity contribution in [3.8, 4) is 11.5 Å². The highest BCUT2D eigenvalue weighted by molar-refractivity contribution is 5.85. The summed E-state index contributed by atoms with van der Waals surface area (Å²) in [6.45, 7) is 4.18. The van der Waals surface area contributed by atoms with E-state index in [4.69, 9.17) is 14.2 Å². The quantitative estimate of drug-likeness (QED) is 0.776. The van der Waals surface area contributed by atoms with Gasteiger partial charge in [0.25, 0.3) is 0 Å². The van der Waals surface area contributed by atoms with Gasteiger partial charge < -0.3 is 24.4 Å². The molecular formula is C22H28Cl2N2O3. The molecule has 7 heteroatoms. The van der Waals surface area contributed by atoms with E-state index in [2.05, 4.69) is 46.6 Å². The summed E-state index contributed by atoms with van der Waals surface area (Å²) in [5.74, 6) is 1.70. The topological polar surface area (TPSA) is 43.0 Å². The van der Waals surface area contributed by atoms with Crippen molar-refractivity contribution in [1.29, 1.82) is 0 Å². The standard InChI is InChI=1S/C22H26N2O3.2ClH/c1-2-4-19-16(3-1)9-12-25-20(19)7-5-17-14-24(11-10-23-17)18-6-8-21-22(13-18)27-15-26-21;;/h1-4,6,8,13,17,20,23H,5,7,9-12,14-15H2;2*1H. The van der Waals surface area contributed by atoms with Crippen molar-refractivity contribution in [1.82, 2.24) is 5.32 Å². The van der Waals surface area contributed by atoms with Crippen LogP contribution in [-0.4, -0.2) is 39.1 Å². The maximum Gasteiger partial charge on any atom is 0.231 e. The molecule has 2 aromatic rings. The first-order valence-electron chi connectivity index (χ1n) is 9.94. The third kappa shape index (κ3) is 4.75. The van der Waals surface area contributed by atoms with Gasteiger partial charge in [-0.15, -0.1) is 24.8 Å². The predicted octanol–water partition coefficient (Wildman–Crippen LogP) is 4.13. The van der Waals surface area contributed by atoms with Gasteiger partial charge in [0.15, 0.2) is 11.5 Å². The summed E-state index contributed by atoms with van der Waals surface area (Å²) in [5, 5.41) is 3.68. The molecule has 29 heavy (non-hydrogen) atoms. The van der Waals surface area contributed by atoms with Crippen LogP contribution >= 0.6 is 24.8 Å². The molecule has 5 nitrogen and oxygen atoms in total. The first kappa shape index (κ1) is 22.0. The molecule has 3 aliphatic heterocycles. The van der Waals surface area contributed by atoms with E-state index in [9.17, 15) is 0 Å². The van der Waals surface area contributed by atoms with Crippen molar-refractivity contribution in [3.63, 3.8) is 0 Å². The van der Waals surface area contributed by atoms with Gasteiger partial charge in [-0.2, -0.15) is 0 Å². The lowest BCUT2D eigenvalue weighted by Crippen LogP contribution is -2.50. The van der Waals surface area contributed by atoms with Crippen molar-refractivity contribution in [2.75, 3.05) is 37.9 Å². The summed E-state index contributed by atoms with van der Waals surface area (Å²) in [7, 11) is 0. The molecule has 1 saturated heterocycles.